The molecule has 128 valence electrons. The van der Waals surface area contributed by atoms with Crippen molar-refractivity contribution in [3.05, 3.63) is 59.1 Å². The standard InChI is InChI=1S/C16H15ClF2N2O2S/c17-13-3-1-12(2-4-13)16(19)5-7-21(8-6-16)24(22,23)15-9-14(18)10-20-11-15/h1-4,9-11H,5-8H2. The fraction of sp³-hybridized carbons (Fsp3) is 0.312. The lowest BCUT2D eigenvalue weighted by Gasteiger charge is -2.36. The Balaban J connectivity index is 1.78. The average Bonchev–Trinajstić information content (AvgIpc) is 2.56. The SMILES string of the molecule is O=S(=O)(c1cncc(F)c1)N1CCC(F)(c2ccc(Cl)cc2)CC1. The topological polar surface area (TPSA) is 50.3 Å². The Hall–Kier alpha value is -1.57. The zero-order valence-electron chi connectivity index (χ0n) is 12.6. The van der Waals surface area contributed by atoms with Gasteiger partial charge in [-0.2, -0.15) is 4.31 Å². The third kappa shape index (κ3) is 3.29. The highest BCUT2D eigenvalue weighted by atomic mass is 35.5. The van der Waals surface area contributed by atoms with Gasteiger partial charge in [-0.25, -0.2) is 17.2 Å². The molecule has 0 radical (unpaired) electrons. The van der Waals surface area contributed by atoms with Crippen LogP contribution in [0.5, 0.6) is 0 Å². The van der Waals surface area contributed by atoms with Crippen LogP contribution < -0.4 is 0 Å². The molecule has 1 fully saturated rings. The van der Waals surface area contributed by atoms with Crippen molar-refractivity contribution >= 4 is 21.6 Å². The predicted octanol–water partition coefficient (Wildman–Crippen LogP) is 3.52. The highest BCUT2D eigenvalue weighted by molar-refractivity contribution is 7.89. The van der Waals surface area contributed by atoms with Gasteiger partial charge in [0, 0.05) is 24.3 Å². The number of pyridine rings is 1. The summed E-state index contributed by atoms with van der Waals surface area (Å²) in [7, 11) is -3.88. The first-order chi connectivity index (χ1) is 11.3. The summed E-state index contributed by atoms with van der Waals surface area (Å²) in [5, 5.41) is 0.515. The molecule has 0 aliphatic carbocycles. The molecule has 0 unspecified atom stereocenters. The Labute approximate surface area is 144 Å². The van der Waals surface area contributed by atoms with Crippen LogP contribution in [-0.4, -0.2) is 30.8 Å². The lowest BCUT2D eigenvalue weighted by Crippen LogP contribution is -2.43. The van der Waals surface area contributed by atoms with E-state index in [1.807, 2.05) is 0 Å². The summed E-state index contributed by atoms with van der Waals surface area (Å²) in [6.45, 7) is 0.0238. The number of benzene rings is 1. The van der Waals surface area contributed by atoms with Crippen LogP contribution in [0.2, 0.25) is 5.02 Å². The van der Waals surface area contributed by atoms with Gasteiger partial charge in [-0.1, -0.05) is 23.7 Å². The van der Waals surface area contributed by atoms with Gasteiger partial charge in [-0.3, -0.25) is 4.98 Å². The van der Waals surface area contributed by atoms with Crippen LogP contribution in [0.15, 0.2) is 47.6 Å². The molecule has 0 amide bonds. The van der Waals surface area contributed by atoms with Crippen molar-refractivity contribution in [1.29, 1.82) is 0 Å². The Bertz CT molecular complexity index is 835. The van der Waals surface area contributed by atoms with Gasteiger partial charge in [-0.05, 0) is 36.6 Å². The van der Waals surface area contributed by atoms with Gasteiger partial charge in [0.15, 0.2) is 0 Å². The van der Waals surface area contributed by atoms with E-state index in [2.05, 4.69) is 4.98 Å². The molecule has 0 saturated carbocycles. The molecule has 24 heavy (non-hydrogen) atoms. The molecule has 8 heteroatoms. The number of alkyl halides is 1. The molecule has 1 aliphatic rings. The third-order valence-corrected chi connectivity index (χ3v) is 6.31. The Morgan fingerprint density at radius 2 is 1.75 bits per heavy atom. The molecule has 0 spiro atoms. The summed E-state index contributed by atoms with van der Waals surface area (Å²) < 4.78 is 54.5. The fourth-order valence-electron chi connectivity index (χ4n) is 2.80. The molecule has 1 aromatic carbocycles. The van der Waals surface area contributed by atoms with Crippen molar-refractivity contribution < 1.29 is 17.2 Å². The molecule has 2 aromatic rings. The molecule has 0 atom stereocenters. The van der Waals surface area contributed by atoms with E-state index in [1.165, 1.54) is 0 Å². The smallest absolute Gasteiger partial charge is 0.244 e. The van der Waals surface area contributed by atoms with Gasteiger partial charge in [0.1, 0.15) is 16.4 Å². The van der Waals surface area contributed by atoms with Crippen molar-refractivity contribution in [2.45, 2.75) is 23.4 Å². The van der Waals surface area contributed by atoms with E-state index in [-0.39, 0.29) is 30.8 Å². The highest BCUT2D eigenvalue weighted by Crippen LogP contribution is 2.38. The van der Waals surface area contributed by atoms with E-state index in [9.17, 15) is 12.8 Å². The first kappa shape index (κ1) is 17.3. The summed E-state index contributed by atoms with van der Waals surface area (Å²) in [6, 6.07) is 7.37. The van der Waals surface area contributed by atoms with Gasteiger partial charge >= 0.3 is 0 Å². The fourth-order valence-corrected chi connectivity index (χ4v) is 4.34. The number of nitrogens with zero attached hydrogens (tertiary/aromatic N) is 2. The van der Waals surface area contributed by atoms with Crippen molar-refractivity contribution in [2.75, 3.05) is 13.1 Å². The predicted molar refractivity (Wildman–Crippen MR) is 86.4 cm³/mol. The first-order valence-electron chi connectivity index (χ1n) is 7.37. The van der Waals surface area contributed by atoms with E-state index in [1.54, 1.807) is 24.3 Å². The Kier molecular flexibility index (Phi) is 4.59. The van der Waals surface area contributed by atoms with E-state index in [4.69, 9.17) is 11.6 Å². The van der Waals surface area contributed by atoms with Crippen LogP contribution in [0.4, 0.5) is 8.78 Å². The summed E-state index contributed by atoms with van der Waals surface area (Å²) in [4.78, 5) is 3.34. The largest absolute Gasteiger partial charge is 0.260 e. The second-order valence-electron chi connectivity index (χ2n) is 5.72. The van der Waals surface area contributed by atoms with Crippen LogP contribution in [0.1, 0.15) is 18.4 Å². The Morgan fingerprint density at radius 1 is 1.12 bits per heavy atom. The third-order valence-electron chi connectivity index (χ3n) is 4.19. The molecule has 3 rings (SSSR count). The summed E-state index contributed by atoms with van der Waals surface area (Å²) in [6.07, 6.45) is 2.07. The zero-order chi connectivity index (χ0) is 17.4. The maximum Gasteiger partial charge on any atom is 0.244 e. The molecule has 1 aromatic heterocycles. The van der Waals surface area contributed by atoms with Gasteiger partial charge in [0.2, 0.25) is 10.0 Å². The Morgan fingerprint density at radius 3 is 2.33 bits per heavy atom. The number of piperidine rings is 1. The quantitative estimate of drug-likeness (QED) is 0.828. The van der Waals surface area contributed by atoms with Crippen molar-refractivity contribution in [3.8, 4) is 0 Å². The molecule has 2 heterocycles. The lowest BCUT2D eigenvalue weighted by atomic mass is 9.87. The lowest BCUT2D eigenvalue weighted by molar-refractivity contribution is 0.0870. The minimum absolute atomic E-state index is 0.0119. The number of halogens is 3. The normalized spacial score (nSPS) is 18.5. The molecular weight excluding hydrogens is 358 g/mol. The maximum atomic E-state index is 15.1. The van der Waals surface area contributed by atoms with Crippen LogP contribution in [0.3, 0.4) is 0 Å². The van der Waals surface area contributed by atoms with Crippen LogP contribution in [0, 0.1) is 5.82 Å². The van der Waals surface area contributed by atoms with Crippen molar-refractivity contribution in [2.24, 2.45) is 0 Å². The molecule has 1 saturated heterocycles. The molecule has 0 bridgehead atoms. The van der Waals surface area contributed by atoms with Crippen molar-refractivity contribution in [1.82, 2.24) is 9.29 Å². The second-order valence-corrected chi connectivity index (χ2v) is 8.09. The van der Waals surface area contributed by atoms with Gasteiger partial charge in [0.25, 0.3) is 0 Å². The summed E-state index contributed by atoms with van der Waals surface area (Å²) in [5.74, 6) is -0.728. The monoisotopic (exact) mass is 372 g/mol. The van der Waals surface area contributed by atoms with Gasteiger partial charge in [-0.15, -0.1) is 0 Å². The second kappa shape index (κ2) is 6.38. The van der Waals surface area contributed by atoms with E-state index in [0.29, 0.717) is 10.6 Å². The van der Waals surface area contributed by atoms with Crippen LogP contribution >= 0.6 is 11.6 Å². The molecule has 1 aliphatic heterocycles. The number of rotatable bonds is 3. The van der Waals surface area contributed by atoms with E-state index >= 15 is 4.39 Å². The number of hydrogen-bond acceptors (Lipinski definition) is 3. The minimum atomic E-state index is -3.88. The number of aromatic nitrogens is 1. The van der Waals surface area contributed by atoms with Crippen molar-refractivity contribution in [3.63, 3.8) is 0 Å². The number of sulfonamides is 1. The summed E-state index contributed by atoms with van der Waals surface area (Å²) in [5.41, 5.74) is -1.12. The highest BCUT2D eigenvalue weighted by Gasteiger charge is 2.40. The van der Waals surface area contributed by atoms with E-state index < -0.39 is 21.5 Å². The van der Waals surface area contributed by atoms with Crippen LogP contribution in [0.25, 0.3) is 0 Å². The molecule has 0 N–H and O–H groups in total. The average molecular weight is 373 g/mol. The zero-order valence-corrected chi connectivity index (χ0v) is 14.2. The number of hydrogen-bond donors (Lipinski definition) is 0. The minimum Gasteiger partial charge on any atom is -0.260 e. The van der Waals surface area contributed by atoms with Crippen LogP contribution in [-0.2, 0) is 15.7 Å². The maximum absolute atomic E-state index is 15.1. The van der Waals surface area contributed by atoms with Gasteiger partial charge in [0.05, 0.1) is 6.20 Å². The summed E-state index contributed by atoms with van der Waals surface area (Å²) >= 11 is 5.81. The molecule has 4 nitrogen and oxygen atoms in total. The van der Waals surface area contributed by atoms with Gasteiger partial charge < -0.3 is 0 Å². The first-order valence-corrected chi connectivity index (χ1v) is 9.19. The molecular formula is C16H15ClF2N2O2S. The van der Waals surface area contributed by atoms with E-state index in [0.717, 1.165) is 22.8 Å².